The molecular formula is C16H16N2O2. The number of aromatic hydroxyl groups is 1. The molecule has 0 bridgehead atoms. The molecule has 0 aliphatic heterocycles. The van der Waals surface area contributed by atoms with Crippen molar-refractivity contribution < 1.29 is 9.84 Å². The lowest BCUT2D eigenvalue weighted by Gasteiger charge is -2.04. The van der Waals surface area contributed by atoms with Crippen LogP contribution in [0.25, 0.3) is 11.0 Å². The fraction of sp³-hybridized carbons (Fsp3) is 0.188. The molecule has 3 aromatic rings. The van der Waals surface area contributed by atoms with Crippen molar-refractivity contribution in [3.63, 3.8) is 0 Å². The first-order valence-electron chi connectivity index (χ1n) is 6.44. The van der Waals surface area contributed by atoms with Gasteiger partial charge in [-0.05, 0) is 29.8 Å². The molecule has 0 aliphatic rings. The summed E-state index contributed by atoms with van der Waals surface area (Å²) in [4.78, 5) is 4.61. The maximum absolute atomic E-state index is 9.56. The molecule has 0 saturated heterocycles. The summed E-state index contributed by atoms with van der Waals surface area (Å²) in [7, 11) is 3.63. The van der Waals surface area contributed by atoms with Gasteiger partial charge in [0.1, 0.15) is 17.3 Å². The number of phenols is 1. The zero-order valence-corrected chi connectivity index (χ0v) is 11.5. The third-order valence-electron chi connectivity index (χ3n) is 3.48. The number of hydrogen-bond acceptors (Lipinski definition) is 3. The fourth-order valence-corrected chi connectivity index (χ4v) is 2.31. The number of rotatable bonds is 3. The molecule has 0 amide bonds. The second-order valence-electron chi connectivity index (χ2n) is 4.78. The van der Waals surface area contributed by atoms with Crippen LogP contribution in [-0.2, 0) is 13.5 Å². The molecule has 4 heteroatoms. The zero-order valence-electron chi connectivity index (χ0n) is 11.5. The van der Waals surface area contributed by atoms with Gasteiger partial charge in [0.15, 0.2) is 0 Å². The van der Waals surface area contributed by atoms with E-state index in [1.165, 1.54) is 5.56 Å². The van der Waals surface area contributed by atoms with Crippen LogP contribution in [0.15, 0.2) is 42.5 Å². The number of imidazole rings is 1. The Morgan fingerprint density at radius 2 is 1.90 bits per heavy atom. The van der Waals surface area contributed by atoms with Gasteiger partial charge in [-0.15, -0.1) is 0 Å². The molecular weight excluding hydrogens is 252 g/mol. The second kappa shape index (κ2) is 4.89. The summed E-state index contributed by atoms with van der Waals surface area (Å²) in [6.45, 7) is 0. The Balaban J connectivity index is 1.95. The highest BCUT2D eigenvalue weighted by atomic mass is 16.5. The van der Waals surface area contributed by atoms with E-state index in [1.54, 1.807) is 19.2 Å². The minimum absolute atomic E-state index is 0.261. The highest BCUT2D eigenvalue weighted by Crippen LogP contribution is 2.22. The molecule has 0 spiro atoms. The highest BCUT2D eigenvalue weighted by Gasteiger charge is 2.09. The van der Waals surface area contributed by atoms with E-state index in [9.17, 15) is 5.11 Å². The van der Waals surface area contributed by atoms with Crippen LogP contribution in [0.1, 0.15) is 11.4 Å². The Bertz CT molecular complexity index is 745. The molecule has 102 valence electrons. The number of methoxy groups -OCH3 is 1. The topological polar surface area (TPSA) is 47.3 Å². The Hall–Kier alpha value is -2.49. The first-order valence-corrected chi connectivity index (χ1v) is 6.44. The van der Waals surface area contributed by atoms with Crippen LogP contribution >= 0.6 is 0 Å². The molecule has 1 N–H and O–H groups in total. The van der Waals surface area contributed by atoms with Crippen LogP contribution in [-0.4, -0.2) is 21.8 Å². The van der Waals surface area contributed by atoms with Gasteiger partial charge in [-0.1, -0.05) is 12.1 Å². The van der Waals surface area contributed by atoms with E-state index < -0.39 is 0 Å². The van der Waals surface area contributed by atoms with E-state index in [1.807, 2.05) is 41.9 Å². The first kappa shape index (κ1) is 12.5. The first-order chi connectivity index (χ1) is 9.67. The SMILES string of the molecule is COc1ccc(Cc2nc3ccc(O)cc3n2C)cc1. The van der Waals surface area contributed by atoms with Gasteiger partial charge >= 0.3 is 0 Å². The minimum atomic E-state index is 0.261. The van der Waals surface area contributed by atoms with Crippen molar-refractivity contribution in [2.24, 2.45) is 7.05 Å². The summed E-state index contributed by atoms with van der Waals surface area (Å²) in [5.74, 6) is 2.08. The van der Waals surface area contributed by atoms with Gasteiger partial charge in [0.05, 0.1) is 18.1 Å². The summed E-state index contributed by atoms with van der Waals surface area (Å²) < 4.78 is 7.17. The van der Waals surface area contributed by atoms with Gasteiger partial charge in [-0.25, -0.2) is 4.98 Å². The van der Waals surface area contributed by atoms with Crippen LogP contribution in [0, 0.1) is 0 Å². The number of nitrogens with zero attached hydrogens (tertiary/aromatic N) is 2. The van der Waals surface area contributed by atoms with E-state index >= 15 is 0 Å². The Labute approximate surface area is 117 Å². The highest BCUT2D eigenvalue weighted by molar-refractivity contribution is 5.77. The smallest absolute Gasteiger partial charge is 0.118 e. The monoisotopic (exact) mass is 268 g/mol. The predicted molar refractivity (Wildman–Crippen MR) is 78.2 cm³/mol. The maximum Gasteiger partial charge on any atom is 0.118 e. The lowest BCUT2D eigenvalue weighted by atomic mass is 10.1. The third kappa shape index (κ3) is 2.20. The molecule has 1 heterocycles. The number of aryl methyl sites for hydroxylation is 1. The Morgan fingerprint density at radius 1 is 1.15 bits per heavy atom. The maximum atomic E-state index is 9.56. The Kier molecular flexibility index (Phi) is 3.06. The van der Waals surface area contributed by atoms with Gasteiger partial charge < -0.3 is 14.4 Å². The van der Waals surface area contributed by atoms with Crippen molar-refractivity contribution in [1.29, 1.82) is 0 Å². The Morgan fingerprint density at radius 3 is 2.60 bits per heavy atom. The van der Waals surface area contributed by atoms with E-state index in [4.69, 9.17) is 4.74 Å². The number of hydrogen-bond donors (Lipinski definition) is 1. The molecule has 20 heavy (non-hydrogen) atoms. The molecule has 0 saturated carbocycles. The van der Waals surface area contributed by atoms with Crippen molar-refractivity contribution in [3.8, 4) is 11.5 Å². The van der Waals surface area contributed by atoms with Gasteiger partial charge in [-0.3, -0.25) is 0 Å². The molecule has 3 rings (SSSR count). The van der Waals surface area contributed by atoms with Crippen LogP contribution in [0.4, 0.5) is 0 Å². The number of ether oxygens (including phenoxy) is 1. The predicted octanol–water partition coefficient (Wildman–Crippen LogP) is 2.88. The van der Waals surface area contributed by atoms with Crippen molar-refractivity contribution in [2.75, 3.05) is 7.11 Å². The van der Waals surface area contributed by atoms with E-state index in [0.717, 1.165) is 29.0 Å². The summed E-state index contributed by atoms with van der Waals surface area (Å²) >= 11 is 0. The quantitative estimate of drug-likeness (QED) is 0.794. The zero-order chi connectivity index (χ0) is 14.1. The van der Waals surface area contributed by atoms with Crippen LogP contribution in [0.2, 0.25) is 0 Å². The molecule has 0 aliphatic carbocycles. The summed E-state index contributed by atoms with van der Waals surface area (Å²) in [6, 6.07) is 13.2. The molecule has 4 nitrogen and oxygen atoms in total. The third-order valence-corrected chi connectivity index (χ3v) is 3.48. The van der Waals surface area contributed by atoms with Crippen molar-refractivity contribution in [1.82, 2.24) is 9.55 Å². The van der Waals surface area contributed by atoms with E-state index in [2.05, 4.69) is 4.98 Å². The van der Waals surface area contributed by atoms with Crippen LogP contribution in [0.3, 0.4) is 0 Å². The second-order valence-corrected chi connectivity index (χ2v) is 4.78. The normalized spacial score (nSPS) is 10.9. The number of fused-ring (bicyclic) bond motifs is 1. The van der Waals surface area contributed by atoms with Gasteiger partial charge in [0.25, 0.3) is 0 Å². The largest absolute Gasteiger partial charge is 0.508 e. The summed E-state index contributed by atoms with van der Waals surface area (Å²) in [5, 5.41) is 9.56. The van der Waals surface area contributed by atoms with Crippen LogP contribution < -0.4 is 4.74 Å². The molecule has 1 aromatic heterocycles. The van der Waals surface area contributed by atoms with Gasteiger partial charge in [-0.2, -0.15) is 0 Å². The average molecular weight is 268 g/mol. The van der Waals surface area contributed by atoms with Crippen LogP contribution in [0.5, 0.6) is 11.5 Å². The van der Waals surface area contributed by atoms with E-state index in [-0.39, 0.29) is 5.75 Å². The lowest BCUT2D eigenvalue weighted by molar-refractivity contribution is 0.414. The average Bonchev–Trinajstić information content (AvgIpc) is 2.76. The minimum Gasteiger partial charge on any atom is -0.508 e. The van der Waals surface area contributed by atoms with E-state index in [0.29, 0.717) is 0 Å². The molecule has 0 atom stereocenters. The molecule has 2 aromatic carbocycles. The summed E-state index contributed by atoms with van der Waals surface area (Å²) in [5.41, 5.74) is 3.01. The molecule has 0 radical (unpaired) electrons. The summed E-state index contributed by atoms with van der Waals surface area (Å²) in [6.07, 6.45) is 0.746. The lowest BCUT2D eigenvalue weighted by Crippen LogP contribution is -1.99. The fourth-order valence-electron chi connectivity index (χ4n) is 2.31. The number of phenolic OH excluding ortho intramolecular Hbond substituents is 1. The van der Waals surface area contributed by atoms with Gasteiger partial charge in [0.2, 0.25) is 0 Å². The molecule has 0 fully saturated rings. The van der Waals surface area contributed by atoms with Gasteiger partial charge in [0, 0.05) is 19.5 Å². The van der Waals surface area contributed by atoms with Crippen molar-refractivity contribution >= 4 is 11.0 Å². The standard InChI is InChI=1S/C16H16N2O2/c1-18-15-10-12(19)5-8-14(15)17-16(18)9-11-3-6-13(20-2)7-4-11/h3-8,10,19H,9H2,1-2H3. The molecule has 0 unspecified atom stereocenters. The number of benzene rings is 2. The van der Waals surface area contributed by atoms with Crippen molar-refractivity contribution in [2.45, 2.75) is 6.42 Å². The van der Waals surface area contributed by atoms with Crippen molar-refractivity contribution in [3.05, 3.63) is 53.9 Å². The number of aromatic nitrogens is 2.